The van der Waals surface area contributed by atoms with Gasteiger partial charge in [0.05, 0.1) is 22.8 Å². The lowest BCUT2D eigenvalue weighted by atomic mass is 10.1. The molecule has 4 aromatic rings. The Morgan fingerprint density at radius 1 is 1.05 bits per heavy atom. The molecule has 0 aliphatic heterocycles. The van der Waals surface area contributed by atoms with Crippen molar-refractivity contribution in [2.45, 2.75) is 6.61 Å². The number of benzene rings is 4. The molecule has 2 amide bonds. The summed E-state index contributed by atoms with van der Waals surface area (Å²) < 4.78 is 25.4. The zero-order chi connectivity index (χ0) is 26.4. The molecule has 0 radical (unpaired) electrons. The first-order chi connectivity index (χ1) is 17.9. The highest BCUT2D eigenvalue weighted by molar-refractivity contribution is 9.10. The van der Waals surface area contributed by atoms with Gasteiger partial charge in [0.25, 0.3) is 0 Å². The minimum absolute atomic E-state index is 0.170. The lowest BCUT2D eigenvalue weighted by Gasteiger charge is -2.14. The molecule has 4 rings (SSSR count). The number of hydrogen-bond donors (Lipinski definition) is 2. The summed E-state index contributed by atoms with van der Waals surface area (Å²) in [5.41, 5.74) is 3.91. The Hall–Kier alpha value is -3.95. The van der Waals surface area contributed by atoms with Crippen molar-refractivity contribution in [2.75, 3.05) is 12.4 Å². The quantitative estimate of drug-likeness (QED) is 0.157. The summed E-state index contributed by atoms with van der Waals surface area (Å²) in [4.78, 5) is 24.1. The van der Waals surface area contributed by atoms with Gasteiger partial charge in [0.1, 0.15) is 12.4 Å². The normalized spacial score (nSPS) is 10.9. The molecule has 4 aromatic carbocycles. The van der Waals surface area contributed by atoms with Gasteiger partial charge in [-0.3, -0.25) is 9.59 Å². The number of hydrogen-bond acceptors (Lipinski definition) is 5. The summed E-state index contributed by atoms with van der Waals surface area (Å²) in [5, 5.41) is 8.18. The highest BCUT2D eigenvalue weighted by Gasteiger charge is 2.15. The van der Waals surface area contributed by atoms with Crippen LogP contribution in [0.25, 0.3) is 10.8 Å². The Kier molecular flexibility index (Phi) is 8.37. The van der Waals surface area contributed by atoms with Crippen molar-refractivity contribution in [3.8, 4) is 11.5 Å². The first-order valence-corrected chi connectivity index (χ1v) is 12.1. The van der Waals surface area contributed by atoms with Gasteiger partial charge in [0.15, 0.2) is 11.5 Å². The largest absolute Gasteiger partial charge is 0.493 e. The van der Waals surface area contributed by atoms with E-state index in [1.165, 1.54) is 25.5 Å². The van der Waals surface area contributed by atoms with E-state index < -0.39 is 17.6 Å². The van der Waals surface area contributed by atoms with Crippen LogP contribution in [0.4, 0.5) is 10.1 Å². The molecule has 188 valence electrons. The number of carbonyl (C=O) groups is 2. The maximum Gasteiger partial charge on any atom is 0.329 e. The van der Waals surface area contributed by atoms with E-state index in [2.05, 4.69) is 31.8 Å². The average Bonchev–Trinajstić information content (AvgIpc) is 2.89. The second-order valence-electron chi connectivity index (χ2n) is 7.74. The summed E-state index contributed by atoms with van der Waals surface area (Å²) in [6.45, 7) is 0.328. The van der Waals surface area contributed by atoms with Crippen molar-refractivity contribution in [1.29, 1.82) is 0 Å². The smallest absolute Gasteiger partial charge is 0.329 e. The van der Waals surface area contributed by atoms with Crippen LogP contribution in [-0.4, -0.2) is 25.1 Å². The lowest BCUT2D eigenvalue weighted by Crippen LogP contribution is -2.32. The van der Waals surface area contributed by atoms with Gasteiger partial charge >= 0.3 is 11.8 Å². The molecule has 10 heteroatoms. The molecule has 0 aliphatic rings. The SMILES string of the molecule is COc1cc(/C=N/NC(=O)C(=O)Nc2ccc(F)c(Cl)c2)cc(Br)c1OCc1cccc2ccccc12. The summed E-state index contributed by atoms with van der Waals surface area (Å²) >= 11 is 9.18. The van der Waals surface area contributed by atoms with Gasteiger partial charge in [-0.1, -0.05) is 54.1 Å². The van der Waals surface area contributed by atoms with Gasteiger partial charge < -0.3 is 14.8 Å². The standard InChI is InChI=1S/C27H20BrClFN3O4/c1-36-24-12-16(14-31-33-27(35)26(34)32-19-9-10-23(30)22(29)13-19)11-21(28)25(24)37-15-18-7-4-6-17-5-2-3-8-20(17)18/h2-14H,15H2,1H3,(H,32,34)(H,33,35)/b31-14+. The molecule has 0 saturated heterocycles. The van der Waals surface area contributed by atoms with E-state index in [4.69, 9.17) is 21.1 Å². The molecule has 0 aliphatic carbocycles. The highest BCUT2D eigenvalue weighted by atomic mass is 79.9. The van der Waals surface area contributed by atoms with E-state index in [1.54, 1.807) is 12.1 Å². The predicted octanol–water partition coefficient (Wildman–Crippen LogP) is 6.07. The van der Waals surface area contributed by atoms with Crippen molar-refractivity contribution in [2.24, 2.45) is 5.10 Å². The third-order valence-corrected chi connectivity index (χ3v) is 6.15. The number of carbonyl (C=O) groups excluding carboxylic acids is 2. The number of anilines is 1. The van der Waals surface area contributed by atoms with Gasteiger partial charge in [0, 0.05) is 5.69 Å². The Balaban J connectivity index is 1.41. The molecule has 0 heterocycles. The Morgan fingerprint density at radius 3 is 2.62 bits per heavy atom. The predicted molar refractivity (Wildman–Crippen MR) is 145 cm³/mol. The summed E-state index contributed by atoms with van der Waals surface area (Å²) in [7, 11) is 1.52. The van der Waals surface area contributed by atoms with Gasteiger partial charge in [-0.15, -0.1) is 0 Å². The number of nitrogens with one attached hydrogen (secondary N) is 2. The van der Waals surface area contributed by atoms with Crippen LogP contribution in [0.5, 0.6) is 11.5 Å². The first kappa shape index (κ1) is 26.1. The second-order valence-corrected chi connectivity index (χ2v) is 9.00. The number of fused-ring (bicyclic) bond motifs is 1. The van der Waals surface area contributed by atoms with E-state index in [1.807, 2.05) is 42.5 Å². The van der Waals surface area contributed by atoms with Crippen LogP contribution in [-0.2, 0) is 16.2 Å². The number of nitrogens with zero attached hydrogens (tertiary/aromatic N) is 1. The van der Waals surface area contributed by atoms with Crippen molar-refractivity contribution in [3.05, 3.63) is 99.2 Å². The number of ether oxygens (including phenoxy) is 2. The number of halogens is 3. The first-order valence-electron chi connectivity index (χ1n) is 10.9. The van der Waals surface area contributed by atoms with Gasteiger partial charge in [-0.05, 0) is 68.2 Å². The molecule has 0 unspecified atom stereocenters. The van der Waals surface area contributed by atoms with E-state index in [-0.39, 0.29) is 10.7 Å². The summed E-state index contributed by atoms with van der Waals surface area (Å²) in [5.74, 6) is -1.68. The third-order valence-electron chi connectivity index (χ3n) is 5.27. The molecule has 2 N–H and O–H groups in total. The number of methoxy groups -OCH3 is 1. The van der Waals surface area contributed by atoms with Crippen LogP contribution in [0.1, 0.15) is 11.1 Å². The van der Waals surface area contributed by atoms with Crippen molar-refractivity contribution < 1.29 is 23.5 Å². The fourth-order valence-electron chi connectivity index (χ4n) is 3.50. The van der Waals surface area contributed by atoms with Crippen LogP contribution >= 0.6 is 27.5 Å². The minimum atomic E-state index is -1.02. The van der Waals surface area contributed by atoms with E-state index in [9.17, 15) is 14.0 Å². The third kappa shape index (κ3) is 6.44. The minimum Gasteiger partial charge on any atom is -0.493 e. The number of rotatable bonds is 7. The zero-order valence-corrected chi connectivity index (χ0v) is 21.8. The maximum absolute atomic E-state index is 13.2. The van der Waals surface area contributed by atoms with Crippen LogP contribution in [0, 0.1) is 5.82 Å². The van der Waals surface area contributed by atoms with Gasteiger partial charge in [-0.2, -0.15) is 5.10 Å². The average molecular weight is 585 g/mol. The van der Waals surface area contributed by atoms with E-state index >= 15 is 0 Å². The molecule has 0 aromatic heterocycles. The molecule has 37 heavy (non-hydrogen) atoms. The fraction of sp³-hybridized carbons (Fsp3) is 0.0741. The Morgan fingerprint density at radius 2 is 1.84 bits per heavy atom. The van der Waals surface area contributed by atoms with Crippen LogP contribution in [0.2, 0.25) is 5.02 Å². The lowest BCUT2D eigenvalue weighted by molar-refractivity contribution is -0.136. The maximum atomic E-state index is 13.2. The highest BCUT2D eigenvalue weighted by Crippen LogP contribution is 2.37. The number of hydrazone groups is 1. The molecule has 7 nitrogen and oxygen atoms in total. The van der Waals surface area contributed by atoms with Crippen LogP contribution in [0.15, 0.2) is 82.4 Å². The molecule has 0 bridgehead atoms. The number of amides is 2. The Bertz CT molecular complexity index is 1510. The molecular weight excluding hydrogens is 565 g/mol. The van der Waals surface area contributed by atoms with Gasteiger partial charge in [0.2, 0.25) is 0 Å². The summed E-state index contributed by atoms with van der Waals surface area (Å²) in [6, 6.07) is 21.1. The van der Waals surface area contributed by atoms with E-state index in [0.717, 1.165) is 22.4 Å². The molecular formula is C27H20BrClFN3O4. The van der Waals surface area contributed by atoms with Crippen LogP contribution in [0.3, 0.4) is 0 Å². The molecule has 0 atom stereocenters. The molecule has 0 spiro atoms. The molecule has 0 saturated carbocycles. The van der Waals surface area contributed by atoms with E-state index in [0.29, 0.717) is 28.1 Å². The van der Waals surface area contributed by atoms with Crippen molar-refractivity contribution in [3.63, 3.8) is 0 Å². The monoisotopic (exact) mass is 583 g/mol. The fourth-order valence-corrected chi connectivity index (χ4v) is 4.26. The van der Waals surface area contributed by atoms with Gasteiger partial charge in [-0.25, -0.2) is 9.82 Å². The molecule has 0 fully saturated rings. The summed E-state index contributed by atoms with van der Waals surface area (Å²) in [6.07, 6.45) is 1.35. The topological polar surface area (TPSA) is 89.0 Å². The van der Waals surface area contributed by atoms with Crippen LogP contribution < -0.4 is 20.2 Å². The zero-order valence-electron chi connectivity index (χ0n) is 19.4. The Labute approximate surface area is 225 Å². The van der Waals surface area contributed by atoms with Crippen molar-refractivity contribution in [1.82, 2.24) is 5.43 Å². The second kappa shape index (κ2) is 11.9. The van der Waals surface area contributed by atoms with Crippen molar-refractivity contribution >= 4 is 62.0 Å².